The smallest absolute Gasteiger partial charge is 0.256 e. The largest absolute Gasteiger partial charge is 0.494 e. The number of hydrogen-bond acceptors (Lipinski definition) is 4. The SMILES string of the molecule is CCCC1C(=O)N(c2ccc(OCC)cc2)N=C1c1cccnc1. The maximum atomic E-state index is 12.8. The molecule has 124 valence electrons. The molecule has 0 spiro atoms. The van der Waals surface area contributed by atoms with Crippen molar-refractivity contribution >= 4 is 17.3 Å². The summed E-state index contributed by atoms with van der Waals surface area (Å²) in [5.74, 6) is 0.583. The third-order valence-electron chi connectivity index (χ3n) is 3.97. The molecule has 0 fully saturated rings. The van der Waals surface area contributed by atoms with E-state index < -0.39 is 0 Å². The molecule has 0 saturated carbocycles. The van der Waals surface area contributed by atoms with Gasteiger partial charge in [0.15, 0.2) is 0 Å². The van der Waals surface area contributed by atoms with Crippen molar-refractivity contribution in [2.45, 2.75) is 26.7 Å². The van der Waals surface area contributed by atoms with Crippen molar-refractivity contribution in [3.8, 4) is 5.75 Å². The number of hydrogen-bond donors (Lipinski definition) is 0. The van der Waals surface area contributed by atoms with Crippen LogP contribution < -0.4 is 9.75 Å². The number of nitrogens with zero attached hydrogens (tertiary/aromatic N) is 3. The van der Waals surface area contributed by atoms with Gasteiger partial charge >= 0.3 is 0 Å². The quantitative estimate of drug-likeness (QED) is 0.815. The number of benzene rings is 1. The van der Waals surface area contributed by atoms with Crippen molar-refractivity contribution in [2.75, 3.05) is 11.6 Å². The Hall–Kier alpha value is -2.69. The van der Waals surface area contributed by atoms with Crippen LogP contribution in [0.2, 0.25) is 0 Å². The standard InChI is InChI=1S/C19H21N3O2/c1-3-6-17-18(14-7-5-12-20-13-14)21-22(19(17)23)15-8-10-16(11-9-15)24-4-2/h5,7-13,17H,3-4,6H2,1-2H3. The zero-order chi connectivity index (χ0) is 16.9. The minimum Gasteiger partial charge on any atom is -0.494 e. The van der Waals surface area contributed by atoms with Crippen molar-refractivity contribution in [3.63, 3.8) is 0 Å². The number of anilines is 1. The van der Waals surface area contributed by atoms with Crippen LogP contribution in [-0.2, 0) is 4.79 Å². The van der Waals surface area contributed by atoms with Gasteiger partial charge in [-0.25, -0.2) is 0 Å². The molecule has 24 heavy (non-hydrogen) atoms. The van der Waals surface area contributed by atoms with Crippen LogP contribution in [-0.4, -0.2) is 23.2 Å². The number of carbonyl (C=O) groups excluding carboxylic acids is 1. The molecule has 2 heterocycles. The summed E-state index contributed by atoms with van der Waals surface area (Å²) in [4.78, 5) is 17.0. The van der Waals surface area contributed by atoms with E-state index in [1.54, 1.807) is 12.4 Å². The summed E-state index contributed by atoms with van der Waals surface area (Å²) < 4.78 is 5.45. The molecular weight excluding hydrogens is 302 g/mol. The summed E-state index contributed by atoms with van der Waals surface area (Å²) in [5, 5.41) is 6.10. The Kier molecular flexibility index (Phi) is 4.89. The Bertz CT molecular complexity index is 726. The maximum absolute atomic E-state index is 12.8. The molecule has 1 aromatic carbocycles. The second-order valence-electron chi connectivity index (χ2n) is 5.65. The van der Waals surface area contributed by atoms with Crippen molar-refractivity contribution in [3.05, 3.63) is 54.4 Å². The third kappa shape index (κ3) is 3.15. The molecule has 0 bridgehead atoms. The van der Waals surface area contributed by atoms with Gasteiger partial charge in [-0.05, 0) is 49.7 Å². The average molecular weight is 323 g/mol. The highest BCUT2D eigenvalue weighted by molar-refractivity contribution is 6.21. The average Bonchev–Trinajstić information content (AvgIpc) is 2.94. The van der Waals surface area contributed by atoms with E-state index in [0.29, 0.717) is 6.61 Å². The summed E-state index contributed by atoms with van der Waals surface area (Å²) in [6.45, 7) is 4.63. The highest BCUT2D eigenvalue weighted by atomic mass is 16.5. The van der Waals surface area contributed by atoms with E-state index >= 15 is 0 Å². The lowest BCUT2D eigenvalue weighted by Gasteiger charge is -2.14. The summed E-state index contributed by atoms with van der Waals surface area (Å²) in [6.07, 6.45) is 5.18. The summed E-state index contributed by atoms with van der Waals surface area (Å²) in [6, 6.07) is 11.3. The molecule has 0 saturated heterocycles. The molecule has 5 heteroatoms. The van der Waals surface area contributed by atoms with Gasteiger partial charge in [-0.1, -0.05) is 13.3 Å². The summed E-state index contributed by atoms with van der Waals surface area (Å²) in [7, 11) is 0. The van der Waals surface area contributed by atoms with Crippen LogP contribution in [0.1, 0.15) is 32.3 Å². The van der Waals surface area contributed by atoms with Crippen LogP contribution in [0.3, 0.4) is 0 Å². The van der Waals surface area contributed by atoms with Crippen LogP contribution in [0.4, 0.5) is 5.69 Å². The molecule has 0 N–H and O–H groups in total. The zero-order valence-corrected chi connectivity index (χ0v) is 14.0. The molecule has 1 aliphatic heterocycles. The molecule has 1 unspecified atom stereocenters. The van der Waals surface area contributed by atoms with E-state index in [2.05, 4.69) is 17.0 Å². The Morgan fingerprint density at radius 2 is 1.96 bits per heavy atom. The number of carbonyl (C=O) groups is 1. The van der Waals surface area contributed by atoms with E-state index in [9.17, 15) is 4.79 Å². The monoisotopic (exact) mass is 323 g/mol. The lowest BCUT2D eigenvalue weighted by Crippen LogP contribution is -2.27. The molecule has 0 aliphatic carbocycles. The Balaban J connectivity index is 1.93. The van der Waals surface area contributed by atoms with E-state index in [0.717, 1.165) is 35.6 Å². The first-order chi connectivity index (χ1) is 11.7. The van der Waals surface area contributed by atoms with Gasteiger partial charge in [0, 0.05) is 18.0 Å². The van der Waals surface area contributed by atoms with E-state index in [4.69, 9.17) is 4.74 Å². The second-order valence-corrected chi connectivity index (χ2v) is 5.65. The molecule has 1 aromatic heterocycles. The van der Waals surface area contributed by atoms with Gasteiger partial charge in [0.1, 0.15) is 5.75 Å². The van der Waals surface area contributed by atoms with E-state index in [-0.39, 0.29) is 11.8 Å². The molecule has 5 nitrogen and oxygen atoms in total. The van der Waals surface area contributed by atoms with Crippen LogP contribution in [0, 0.1) is 5.92 Å². The number of hydrazone groups is 1. The van der Waals surface area contributed by atoms with Crippen LogP contribution in [0.15, 0.2) is 53.9 Å². The van der Waals surface area contributed by atoms with Gasteiger partial charge in [0.2, 0.25) is 0 Å². The molecule has 2 aromatic rings. The van der Waals surface area contributed by atoms with Crippen molar-refractivity contribution in [1.82, 2.24) is 4.98 Å². The number of amides is 1. The van der Waals surface area contributed by atoms with Crippen LogP contribution >= 0.6 is 0 Å². The van der Waals surface area contributed by atoms with E-state index in [1.807, 2.05) is 43.3 Å². The molecule has 1 amide bonds. The van der Waals surface area contributed by atoms with Gasteiger partial charge in [-0.3, -0.25) is 9.78 Å². The second kappa shape index (κ2) is 7.25. The highest BCUT2D eigenvalue weighted by Crippen LogP contribution is 2.30. The first kappa shape index (κ1) is 16.2. The maximum Gasteiger partial charge on any atom is 0.256 e. The molecular formula is C19H21N3O2. The molecule has 1 aliphatic rings. The van der Waals surface area contributed by atoms with Gasteiger partial charge in [-0.2, -0.15) is 10.1 Å². The van der Waals surface area contributed by atoms with Crippen LogP contribution in [0.25, 0.3) is 0 Å². The van der Waals surface area contributed by atoms with Gasteiger partial charge in [0.05, 0.1) is 23.9 Å². The van der Waals surface area contributed by atoms with Crippen molar-refractivity contribution in [2.24, 2.45) is 11.0 Å². The Morgan fingerprint density at radius 3 is 2.58 bits per heavy atom. The zero-order valence-electron chi connectivity index (χ0n) is 14.0. The van der Waals surface area contributed by atoms with Gasteiger partial charge < -0.3 is 4.74 Å². The number of ether oxygens (including phenoxy) is 1. The fourth-order valence-corrected chi connectivity index (χ4v) is 2.85. The molecule has 3 rings (SSSR count). The fraction of sp³-hybridized carbons (Fsp3) is 0.316. The highest BCUT2D eigenvalue weighted by Gasteiger charge is 2.36. The Morgan fingerprint density at radius 1 is 1.17 bits per heavy atom. The number of pyridine rings is 1. The van der Waals surface area contributed by atoms with Crippen molar-refractivity contribution < 1.29 is 9.53 Å². The summed E-state index contributed by atoms with van der Waals surface area (Å²) >= 11 is 0. The number of rotatable bonds is 6. The number of aromatic nitrogens is 1. The minimum absolute atomic E-state index is 0.0138. The third-order valence-corrected chi connectivity index (χ3v) is 3.97. The normalized spacial score (nSPS) is 17.1. The first-order valence-corrected chi connectivity index (χ1v) is 8.30. The van der Waals surface area contributed by atoms with Crippen LogP contribution in [0.5, 0.6) is 5.75 Å². The Labute approximate surface area is 142 Å². The van der Waals surface area contributed by atoms with Crippen molar-refractivity contribution in [1.29, 1.82) is 0 Å². The predicted octanol–water partition coefficient (Wildman–Crippen LogP) is 3.65. The summed E-state index contributed by atoms with van der Waals surface area (Å²) in [5.41, 5.74) is 2.45. The fourth-order valence-electron chi connectivity index (χ4n) is 2.85. The molecule has 0 radical (unpaired) electrons. The van der Waals surface area contributed by atoms with E-state index in [1.165, 1.54) is 5.01 Å². The lowest BCUT2D eigenvalue weighted by molar-refractivity contribution is -0.119. The predicted molar refractivity (Wildman–Crippen MR) is 94.3 cm³/mol. The first-order valence-electron chi connectivity index (χ1n) is 8.30. The topological polar surface area (TPSA) is 54.8 Å². The van der Waals surface area contributed by atoms with Gasteiger partial charge in [-0.15, -0.1) is 0 Å². The van der Waals surface area contributed by atoms with Gasteiger partial charge in [0.25, 0.3) is 5.91 Å². The minimum atomic E-state index is -0.217. The lowest BCUT2D eigenvalue weighted by atomic mass is 9.93. The molecule has 1 atom stereocenters.